The van der Waals surface area contributed by atoms with Crippen LogP contribution in [0.15, 0.2) is 24.3 Å². The molecule has 1 aromatic carbocycles. The molecule has 0 aliphatic rings. The smallest absolute Gasteiger partial charge is 0.304 e. The molecule has 5 nitrogen and oxygen atoms in total. The third-order valence-electron chi connectivity index (χ3n) is 2.32. The van der Waals surface area contributed by atoms with Gasteiger partial charge in [0.1, 0.15) is 0 Å². The Bertz CT molecular complexity index is 504. The molecule has 108 valence electrons. The average Bonchev–Trinajstić information content (AvgIpc) is 2.36. The molecule has 0 heterocycles. The second-order valence-corrected chi connectivity index (χ2v) is 5.97. The average molecular weight is 316 g/mol. The number of thioether (sulfide) groups is 1. The van der Waals surface area contributed by atoms with E-state index in [1.165, 1.54) is 23.9 Å². The zero-order valence-electron chi connectivity index (χ0n) is 10.8. The highest BCUT2D eigenvalue weighted by Gasteiger charge is 2.13. The van der Waals surface area contributed by atoms with Gasteiger partial charge in [0.25, 0.3) is 5.91 Å². The van der Waals surface area contributed by atoms with Gasteiger partial charge in [0.2, 0.25) is 5.91 Å². The van der Waals surface area contributed by atoms with E-state index < -0.39 is 17.8 Å². The Kier molecular flexibility index (Phi) is 6.54. The van der Waals surface area contributed by atoms with Gasteiger partial charge in [-0.05, 0) is 24.3 Å². The zero-order valence-corrected chi connectivity index (χ0v) is 12.3. The minimum Gasteiger partial charge on any atom is -0.481 e. The number of carboxylic acids is 1. The number of nitrogens with one attached hydrogen (secondary N) is 1. The molecule has 0 saturated heterocycles. The topological polar surface area (TPSA) is 83.5 Å². The molecule has 0 fully saturated rings. The number of carbonyl (C=O) groups excluding carboxylic acids is 2. The molecule has 1 rings (SSSR count). The lowest BCUT2D eigenvalue weighted by Gasteiger charge is -2.08. The van der Waals surface area contributed by atoms with Crippen molar-refractivity contribution in [2.24, 2.45) is 0 Å². The van der Waals surface area contributed by atoms with Crippen LogP contribution in [0.3, 0.4) is 0 Å². The number of carbonyl (C=O) groups is 3. The molecule has 2 amide bonds. The van der Waals surface area contributed by atoms with Gasteiger partial charge in [0.05, 0.1) is 12.2 Å². The number of amides is 2. The van der Waals surface area contributed by atoms with Gasteiger partial charge >= 0.3 is 5.97 Å². The van der Waals surface area contributed by atoms with Crippen molar-refractivity contribution in [2.45, 2.75) is 18.6 Å². The lowest BCUT2D eigenvalue weighted by Crippen LogP contribution is -2.32. The second kappa shape index (κ2) is 7.91. The summed E-state index contributed by atoms with van der Waals surface area (Å²) in [5, 5.41) is 11.1. The fraction of sp³-hybridized carbons (Fsp3) is 0.308. The van der Waals surface area contributed by atoms with Gasteiger partial charge in [0.15, 0.2) is 0 Å². The number of hydrogen-bond acceptors (Lipinski definition) is 4. The van der Waals surface area contributed by atoms with E-state index in [1.54, 1.807) is 19.1 Å². The highest BCUT2D eigenvalue weighted by molar-refractivity contribution is 8.00. The van der Waals surface area contributed by atoms with E-state index in [0.29, 0.717) is 10.6 Å². The third kappa shape index (κ3) is 6.08. The fourth-order valence-electron chi connectivity index (χ4n) is 1.36. The lowest BCUT2D eigenvalue weighted by atomic mass is 10.2. The molecule has 0 saturated carbocycles. The van der Waals surface area contributed by atoms with Crippen LogP contribution in [0.25, 0.3) is 0 Å². The number of rotatable bonds is 6. The van der Waals surface area contributed by atoms with E-state index in [2.05, 4.69) is 5.32 Å². The predicted molar refractivity (Wildman–Crippen MR) is 78.1 cm³/mol. The highest BCUT2D eigenvalue weighted by Crippen LogP contribution is 2.13. The zero-order chi connectivity index (χ0) is 15.1. The van der Waals surface area contributed by atoms with Crippen molar-refractivity contribution < 1.29 is 19.5 Å². The molecular formula is C13H14ClNO4S. The lowest BCUT2D eigenvalue weighted by molar-refractivity contribution is -0.136. The molecule has 0 aliphatic carbocycles. The molecule has 20 heavy (non-hydrogen) atoms. The maximum atomic E-state index is 11.7. The van der Waals surface area contributed by atoms with Gasteiger partial charge in [-0.2, -0.15) is 0 Å². The second-order valence-electron chi connectivity index (χ2n) is 4.10. The van der Waals surface area contributed by atoms with Gasteiger partial charge in [-0.1, -0.05) is 18.5 Å². The van der Waals surface area contributed by atoms with Crippen molar-refractivity contribution in [1.82, 2.24) is 5.32 Å². The molecule has 7 heteroatoms. The Balaban J connectivity index is 2.40. The monoisotopic (exact) mass is 315 g/mol. The summed E-state index contributed by atoms with van der Waals surface area (Å²) in [4.78, 5) is 33.7. The van der Waals surface area contributed by atoms with E-state index in [1.807, 2.05) is 0 Å². The molecule has 1 atom stereocenters. The first-order chi connectivity index (χ1) is 9.38. The molecule has 0 bridgehead atoms. The maximum absolute atomic E-state index is 11.7. The van der Waals surface area contributed by atoms with Crippen LogP contribution in [0.5, 0.6) is 0 Å². The molecule has 1 aromatic rings. The van der Waals surface area contributed by atoms with E-state index in [-0.39, 0.29) is 17.4 Å². The molecule has 0 aliphatic heterocycles. The number of hydrogen-bond donors (Lipinski definition) is 2. The van der Waals surface area contributed by atoms with Crippen LogP contribution in [-0.2, 0) is 9.59 Å². The Hall–Kier alpha value is -1.53. The van der Waals surface area contributed by atoms with E-state index in [0.717, 1.165) is 0 Å². The van der Waals surface area contributed by atoms with Gasteiger partial charge in [-0.3, -0.25) is 19.7 Å². The van der Waals surface area contributed by atoms with Gasteiger partial charge in [-0.25, -0.2) is 0 Å². The summed E-state index contributed by atoms with van der Waals surface area (Å²) in [6.45, 7) is 1.72. The predicted octanol–water partition coefficient (Wildman–Crippen LogP) is 2.19. The van der Waals surface area contributed by atoms with Gasteiger partial charge in [-0.15, -0.1) is 11.8 Å². The molecule has 0 spiro atoms. The first-order valence-corrected chi connectivity index (χ1v) is 7.24. The minimum absolute atomic E-state index is 0.0247. The third-order valence-corrected chi connectivity index (χ3v) is 3.74. The van der Waals surface area contributed by atoms with Crippen LogP contribution < -0.4 is 5.32 Å². The Morgan fingerprint density at radius 2 is 1.90 bits per heavy atom. The molecule has 1 unspecified atom stereocenters. The SMILES string of the molecule is CC(CC(=O)O)SCC(=O)NC(=O)c1ccc(Cl)cc1. The van der Waals surface area contributed by atoms with Gasteiger partial charge < -0.3 is 5.11 Å². The molecule has 0 aromatic heterocycles. The quantitative estimate of drug-likeness (QED) is 0.840. The van der Waals surface area contributed by atoms with Crippen LogP contribution in [0.1, 0.15) is 23.7 Å². The number of imide groups is 1. The Labute approximate surface area is 125 Å². The minimum atomic E-state index is -0.914. The summed E-state index contributed by atoms with van der Waals surface area (Å²) in [5.74, 6) is -1.83. The first-order valence-electron chi connectivity index (χ1n) is 5.81. The Morgan fingerprint density at radius 1 is 1.30 bits per heavy atom. The molecule has 0 radical (unpaired) electrons. The van der Waals surface area contributed by atoms with E-state index in [4.69, 9.17) is 16.7 Å². The summed E-state index contributed by atoms with van der Waals surface area (Å²) in [5.41, 5.74) is 0.339. The first kappa shape index (κ1) is 16.5. The van der Waals surface area contributed by atoms with Crippen molar-refractivity contribution in [1.29, 1.82) is 0 Å². The fourth-order valence-corrected chi connectivity index (χ4v) is 2.25. The van der Waals surface area contributed by atoms with Crippen LogP contribution in [-0.4, -0.2) is 33.9 Å². The Morgan fingerprint density at radius 3 is 2.45 bits per heavy atom. The number of carboxylic acid groups (broad SMARTS) is 1. The highest BCUT2D eigenvalue weighted by atomic mass is 35.5. The maximum Gasteiger partial charge on any atom is 0.304 e. The summed E-state index contributed by atoms with van der Waals surface area (Å²) < 4.78 is 0. The van der Waals surface area contributed by atoms with Crippen LogP contribution in [0.4, 0.5) is 0 Å². The van der Waals surface area contributed by atoms with Crippen LogP contribution in [0, 0.1) is 0 Å². The standard InChI is InChI=1S/C13H14ClNO4S/c1-8(6-12(17)18)20-7-11(16)15-13(19)9-2-4-10(14)5-3-9/h2-5,8H,6-7H2,1H3,(H,17,18)(H,15,16,19). The van der Waals surface area contributed by atoms with Gasteiger partial charge in [0, 0.05) is 15.8 Å². The van der Waals surface area contributed by atoms with Crippen LogP contribution >= 0.6 is 23.4 Å². The van der Waals surface area contributed by atoms with Crippen molar-refractivity contribution in [3.05, 3.63) is 34.9 Å². The van der Waals surface area contributed by atoms with Crippen molar-refractivity contribution in [3.63, 3.8) is 0 Å². The molecular weight excluding hydrogens is 302 g/mol. The van der Waals surface area contributed by atoms with Crippen molar-refractivity contribution in [3.8, 4) is 0 Å². The van der Waals surface area contributed by atoms with Crippen molar-refractivity contribution >= 4 is 41.1 Å². The summed E-state index contributed by atoms with van der Waals surface area (Å²) in [6.07, 6.45) is -0.0247. The van der Waals surface area contributed by atoms with E-state index >= 15 is 0 Å². The van der Waals surface area contributed by atoms with Crippen molar-refractivity contribution in [2.75, 3.05) is 5.75 Å². The molecule has 2 N–H and O–H groups in total. The number of benzene rings is 1. The summed E-state index contributed by atoms with van der Waals surface area (Å²) in [6, 6.07) is 6.16. The largest absolute Gasteiger partial charge is 0.481 e. The number of aliphatic carboxylic acids is 1. The van der Waals surface area contributed by atoms with Crippen LogP contribution in [0.2, 0.25) is 5.02 Å². The summed E-state index contributed by atoms with van der Waals surface area (Å²) >= 11 is 6.88. The van der Waals surface area contributed by atoms with E-state index in [9.17, 15) is 14.4 Å². The number of halogens is 1. The normalized spacial score (nSPS) is 11.7. The summed E-state index contributed by atoms with van der Waals surface area (Å²) in [7, 11) is 0.